The van der Waals surface area contributed by atoms with Crippen LogP contribution in [0, 0.1) is 0 Å². The predicted octanol–water partition coefficient (Wildman–Crippen LogP) is 1.30. The molecule has 0 fully saturated rings. The summed E-state index contributed by atoms with van der Waals surface area (Å²) in [6, 6.07) is 7.47. The molecule has 0 spiro atoms. The van der Waals surface area contributed by atoms with Gasteiger partial charge < -0.3 is 15.2 Å². The Balaban J connectivity index is 2.77. The highest BCUT2D eigenvalue weighted by Crippen LogP contribution is 2.15. The van der Waals surface area contributed by atoms with Crippen LogP contribution in [0.15, 0.2) is 24.3 Å². The van der Waals surface area contributed by atoms with Gasteiger partial charge in [0.15, 0.2) is 0 Å². The number of benzene rings is 1. The summed E-state index contributed by atoms with van der Waals surface area (Å²) in [7, 11) is 3.21. The molecule has 0 saturated heterocycles. The van der Waals surface area contributed by atoms with E-state index >= 15 is 0 Å². The van der Waals surface area contributed by atoms with Crippen molar-refractivity contribution in [2.45, 2.75) is 6.23 Å². The fourth-order valence-electron chi connectivity index (χ4n) is 0.930. The van der Waals surface area contributed by atoms with E-state index in [1.54, 1.807) is 14.2 Å². The van der Waals surface area contributed by atoms with Crippen LogP contribution in [-0.2, 0) is 4.74 Å². The highest BCUT2D eigenvalue weighted by molar-refractivity contribution is 5.28. The molecule has 66 valence electrons. The van der Waals surface area contributed by atoms with Crippen molar-refractivity contribution in [2.75, 3.05) is 14.2 Å². The summed E-state index contributed by atoms with van der Waals surface area (Å²) >= 11 is 0. The summed E-state index contributed by atoms with van der Waals surface area (Å²) in [6.07, 6.45) is -0.351. The molecule has 3 heteroatoms. The molecule has 1 aromatic carbocycles. The van der Waals surface area contributed by atoms with Gasteiger partial charge in [-0.25, -0.2) is 0 Å². The molecule has 0 aromatic heterocycles. The smallest absolute Gasteiger partial charge is 0.131 e. The Bertz CT molecular complexity index is 233. The maximum Gasteiger partial charge on any atom is 0.131 e. The molecule has 12 heavy (non-hydrogen) atoms. The van der Waals surface area contributed by atoms with Gasteiger partial charge in [-0.2, -0.15) is 0 Å². The maximum atomic E-state index is 5.62. The van der Waals surface area contributed by atoms with E-state index in [1.165, 1.54) is 0 Å². The van der Waals surface area contributed by atoms with Gasteiger partial charge in [-0.15, -0.1) is 0 Å². The molecule has 0 heterocycles. The highest BCUT2D eigenvalue weighted by Gasteiger charge is 2.02. The van der Waals surface area contributed by atoms with Gasteiger partial charge in [-0.1, -0.05) is 12.1 Å². The standard InChI is InChI=1S/C9H13NO2/c1-11-8-5-3-7(4-6-8)9(10)12-2/h3-6,9H,10H2,1-2H3. The first-order chi connectivity index (χ1) is 5.77. The molecule has 1 aromatic rings. The second kappa shape index (κ2) is 4.09. The summed E-state index contributed by atoms with van der Waals surface area (Å²) in [5.74, 6) is 0.821. The average Bonchev–Trinajstić information content (AvgIpc) is 2.17. The Morgan fingerprint density at radius 1 is 1.17 bits per heavy atom. The van der Waals surface area contributed by atoms with Crippen molar-refractivity contribution < 1.29 is 9.47 Å². The fraction of sp³-hybridized carbons (Fsp3) is 0.333. The van der Waals surface area contributed by atoms with Crippen LogP contribution in [0.5, 0.6) is 5.75 Å². The Kier molecular flexibility index (Phi) is 3.08. The van der Waals surface area contributed by atoms with Crippen LogP contribution in [0.3, 0.4) is 0 Å². The first-order valence-electron chi connectivity index (χ1n) is 3.70. The van der Waals surface area contributed by atoms with Crippen molar-refractivity contribution in [3.63, 3.8) is 0 Å². The zero-order valence-corrected chi connectivity index (χ0v) is 7.28. The lowest BCUT2D eigenvalue weighted by Gasteiger charge is -2.09. The molecular formula is C9H13NO2. The van der Waals surface area contributed by atoms with E-state index in [1.807, 2.05) is 24.3 Å². The number of nitrogens with two attached hydrogens (primary N) is 1. The van der Waals surface area contributed by atoms with Crippen molar-refractivity contribution in [1.82, 2.24) is 0 Å². The van der Waals surface area contributed by atoms with E-state index in [-0.39, 0.29) is 6.23 Å². The minimum Gasteiger partial charge on any atom is -0.497 e. The van der Waals surface area contributed by atoms with Gasteiger partial charge in [0.2, 0.25) is 0 Å². The molecule has 0 aliphatic rings. The molecule has 0 amide bonds. The Labute approximate surface area is 72.1 Å². The predicted molar refractivity (Wildman–Crippen MR) is 46.9 cm³/mol. The minimum atomic E-state index is -0.351. The van der Waals surface area contributed by atoms with Crippen molar-refractivity contribution >= 4 is 0 Å². The molecule has 3 nitrogen and oxygen atoms in total. The zero-order chi connectivity index (χ0) is 8.97. The zero-order valence-electron chi connectivity index (χ0n) is 7.28. The lowest BCUT2D eigenvalue weighted by atomic mass is 10.2. The summed E-state index contributed by atoms with van der Waals surface area (Å²) in [5.41, 5.74) is 6.57. The SMILES string of the molecule is COc1ccc(C(N)OC)cc1. The van der Waals surface area contributed by atoms with Crippen LogP contribution >= 0.6 is 0 Å². The van der Waals surface area contributed by atoms with Crippen LogP contribution in [0.25, 0.3) is 0 Å². The molecule has 2 N–H and O–H groups in total. The van der Waals surface area contributed by atoms with Gasteiger partial charge in [0.05, 0.1) is 7.11 Å². The van der Waals surface area contributed by atoms with E-state index in [0.29, 0.717) is 0 Å². The Hall–Kier alpha value is -1.06. The van der Waals surface area contributed by atoms with Gasteiger partial charge in [0, 0.05) is 7.11 Å². The quantitative estimate of drug-likeness (QED) is 0.690. The van der Waals surface area contributed by atoms with E-state index < -0.39 is 0 Å². The third-order valence-corrected chi connectivity index (χ3v) is 1.70. The molecule has 0 aliphatic carbocycles. The van der Waals surface area contributed by atoms with Crippen molar-refractivity contribution in [2.24, 2.45) is 5.73 Å². The monoisotopic (exact) mass is 167 g/mol. The fourth-order valence-corrected chi connectivity index (χ4v) is 0.930. The van der Waals surface area contributed by atoms with E-state index in [9.17, 15) is 0 Å². The van der Waals surface area contributed by atoms with Crippen LogP contribution in [-0.4, -0.2) is 14.2 Å². The number of hydrogen-bond donors (Lipinski definition) is 1. The molecule has 1 rings (SSSR count). The largest absolute Gasteiger partial charge is 0.497 e. The molecule has 1 unspecified atom stereocenters. The molecule has 0 aliphatic heterocycles. The van der Waals surface area contributed by atoms with E-state index in [2.05, 4.69) is 0 Å². The van der Waals surface area contributed by atoms with Crippen LogP contribution in [0.2, 0.25) is 0 Å². The normalized spacial score (nSPS) is 12.6. The lowest BCUT2D eigenvalue weighted by Crippen LogP contribution is -2.11. The van der Waals surface area contributed by atoms with Crippen molar-refractivity contribution in [1.29, 1.82) is 0 Å². The Morgan fingerprint density at radius 3 is 2.17 bits per heavy atom. The number of rotatable bonds is 3. The molecule has 0 saturated carbocycles. The average molecular weight is 167 g/mol. The summed E-state index contributed by atoms with van der Waals surface area (Å²) in [4.78, 5) is 0. The van der Waals surface area contributed by atoms with E-state index in [0.717, 1.165) is 11.3 Å². The highest BCUT2D eigenvalue weighted by atomic mass is 16.5. The third kappa shape index (κ3) is 1.96. The first kappa shape index (κ1) is 9.03. The number of hydrogen-bond acceptors (Lipinski definition) is 3. The Morgan fingerprint density at radius 2 is 1.75 bits per heavy atom. The second-order valence-corrected chi connectivity index (χ2v) is 2.43. The van der Waals surface area contributed by atoms with Gasteiger partial charge in [0.1, 0.15) is 12.0 Å². The molecule has 0 bridgehead atoms. The molecular weight excluding hydrogens is 154 g/mol. The van der Waals surface area contributed by atoms with E-state index in [4.69, 9.17) is 15.2 Å². The first-order valence-corrected chi connectivity index (χ1v) is 3.70. The third-order valence-electron chi connectivity index (χ3n) is 1.70. The number of ether oxygens (including phenoxy) is 2. The molecule has 1 atom stereocenters. The lowest BCUT2D eigenvalue weighted by molar-refractivity contribution is 0.109. The summed E-state index contributed by atoms with van der Waals surface area (Å²) < 4.78 is 9.95. The van der Waals surface area contributed by atoms with Gasteiger partial charge in [-0.05, 0) is 17.7 Å². The maximum absolute atomic E-state index is 5.62. The van der Waals surface area contributed by atoms with Gasteiger partial charge in [-0.3, -0.25) is 0 Å². The van der Waals surface area contributed by atoms with Crippen molar-refractivity contribution in [3.8, 4) is 5.75 Å². The van der Waals surface area contributed by atoms with Gasteiger partial charge in [0.25, 0.3) is 0 Å². The topological polar surface area (TPSA) is 44.5 Å². The minimum absolute atomic E-state index is 0.351. The van der Waals surface area contributed by atoms with Crippen LogP contribution < -0.4 is 10.5 Å². The molecule has 0 radical (unpaired) electrons. The van der Waals surface area contributed by atoms with Crippen LogP contribution in [0.4, 0.5) is 0 Å². The van der Waals surface area contributed by atoms with Crippen molar-refractivity contribution in [3.05, 3.63) is 29.8 Å². The van der Waals surface area contributed by atoms with Gasteiger partial charge >= 0.3 is 0 Å². The number of methoxy groups -OCH3 is 2. The second-order valence-electron chi connectivity index (χ2n) is 2.43. The van der Waals surface area contributed by atoms with Crippen LogP contribution in [0.1, 0.15) is 11.8 Å². The summed E-state index contributed by atoms with van der Waals surface area (Å²) in [5, 5.41) is 0. The summed E-state index contributed by atoms with van der Waals surface area (Å²) in [6.45, 7) is 0.